The van der Waals surface area contributed by atoms with Crippen molar-refractivity contribution in [3.63, 3.8) is 0 Å². The summed E-state index contributed by atoms with van der Waals surface area (Å²) in [5, 5.41) is 2.80. The van der Waals surface area contributed by atoms with Gasteiger partial charge in [0.2, 0.25) is 11.8 Å². The first kappa shape index (κ1) is 14.1. The van der Waals surface area contributed by atoms with Crippen molar-refractivity contribution in [1.82, 2.24) is 10.2 Å². The molecule has 112 valence electrons. The van der Waals surface area contributed by atoms with Crippen LogP contribution in [0.25, 0.3) is 0 Å². The number of nitrogens with one attached hydrogen (secondary N) is 1. The number of hydrogen-bond acceptors (Lipinski definition) is 2. The van der Waals surface area contributed by atoms with E-state index < -0.39 is 12.1 Å². The number of carbonyl (C=O) groups is 2. The van der Waals surface area contributed by atoms with Gasteiger partial charge in [-0.1, -0.05) is 43.7 Å². The Morgan fingerprint density at radius 3 is 2.48 bits per heavy atom. The molecule has 2 unspecified atom stereocenters. The van der Waals surface area contributed by atoms with Crippen molar-refractivity contribution in [3.8, 4) is 0 Å². The average molecular weight is 286 g/mol. The van der Waals surface area contributed by atoms with Gasteiger partial charge in [-0.15, -0.1) is 0 Å². The largest absolute Gasteiger partial charge is 0.342 e. The lowest BCUT2D eigenvalue weighted by atomic mass is 9.70. The van der Waals surface area contributed by atoms with E-state index in [9.17, 15) is 9.59 Å². The number of nitrogens with zero attached hydrogens (tertiary/aromatic N) is 1. The van der Waals surface area contributed by atoms with E-state index in [2.05, 4.69) is 12.2 Å². The second-order valence-corrected chi connectivity index (χ2v) is 6.67. The average Bonchev–Trinajstić information content (AvgIpc) is 2.44. The molecule has 1 aromatic rings. The van der Waals surface area contributed by atoms with Gasteiger partial charge in [-0.25, -0.2) is 0 Å². The zero-order valence-electron chi connectivity index (χ0n) is 12.6. The van der Waals surface area contributed by atoms with Gasteiger partial charge in [0.25, 0.3) is 0 Å². The molecule has 3 rings (SSSR count). The second-order valence-electron chi connectivity index (χ2n) is 6.67. The molecular weight excluding hydrogens is 264 g/mol. The highest BCUT2D eigenvalue weighted by Crippen LogP contribution is 2.42. The van der Waals surface area contributed by atoms with Crippen molar-refractivity contribution in [1.29, 1.82) is 0 Å². The Balaban J connectivity index is 1.92. The second kappa shape index (κ2) is 5.17. The van der Waals surface area contributed by atoms with E-state index in [-0.39, 0.29) is 17.2 Å². The van der Waals surface area contributed by atoms with E-state index in [0.717, 1.165) is 18.4 Å². The maximum Gasteiger partial charge on any atom is 0.248 e. The summed E-state index contributed by atoms with van der Waals surface area (Å²) in [4.78, 5) is 26.8. The van der Waals surface area contributed by atoms with Crippen molar-refractivity contribution in [2.45, 2.75) is 45.2 Å². The molecule has 2 amide bonds. The van der Waals surface area contributed by atoms with Gasteiger partial charge in [0.15, 0.2) is 0 Å². The summed E-state index contributed by atoms with van der Waals surface area (Å²) in [5.41, 5.74) is 1.05. The molecule has 0 bridgehead atoms. The summed E-state index contributed by atoms with van der Waals surface area (Å²) in [6, 6.07) is 8.66. The Morgan fingerprint density at radius 2 is 1.90 bits per heavy atom. The van der Waals surface area contributed by atoms with Crippen LogP contribution in [-0.4, -0.2) is 29.3 Å². The quantitative estimate of drug-likeness (QED) is 0.926. The third-order valence-corrected chi connectivity index (χ3v) is 4.80. The normalized spacial score (nSPS) is 28.0. The lowest BCUT2D eigenvalue weighted by molar-refractivity contribution is -0.152. The van der Waals surface area contributed by atoms with Gasteiger partial charge in [0.05, 0.1) is 0 Å². The molecule has 0 aromatic heterocycles. The molecule has 1 aromatic carbocycles. The number of piperazine rings is 1. The van der Waals surface area contributed by atoms with Gasteiger partial charge >= 0.3 is 0 Å². The van der Waals surface area contributed by atoms with Gasteiger partial charge in [-0.3, -0.25) is 9.59 Å². The molecule has 0 radical (unpaired) electrons. The fourth-order valence-electron chi connectivity index (χ4n) is 3.36. The molecule has 4 heteroatoms. The number of hydrogen-bond donors (Lipinski definition) is 1. The van der Waals surface area contributed by atoms with Crippen molar-refractivity contribution in [3.05, 3.63) is 35.9 Å². The van der Waals surface area contributed by atoms with Crippen LogP contribution in [0, 0.1) is 5.41 Å². The van der Waals surface area contributed by atoms with E-state index in [1.165, 1.54) is 6.42 Å². The minimum absolute atomic E-state index is 0.0246. The summed E-state index contributed by atoms with van der Waals surface area (Å²) in [5.74, 6) is -0.0483. The Kier molecular flexibility index (Phi) is 3.47. The maximum atomic E-state index is 12.6. The predicted octanol–water partition coefficient (Wildman–Crippen LogP) is 2.26. The first-order valence-electron chi connectivity index (χ1n) is 7.66. The molecule has 21 heavy (non-hydrogen) atoms. The van der Waals surface area contributed by atoms with Crippen LogP contribution in [0.1, 0.15) is 44.7 Å². The van der Waals surface area contributed by atoms with Crippen LogP contribution < -0.4 is 5.32 Å². The molecule has 1 saturated carbocycles. The molecule has 1 aliphatic heterocycles. The minimum Gasteiger partial charge on any atom is -0.342 e. The van der Waals surface area contributed by atoms with E-state index in [1.54, 1.807) is 11.8 Å². The van der Waals surface area contributed by atoms with Crippen LogP contribution in [0.4, 0.5) is 0 Å². The zero-order chi connectivity index (χ0) is 15.0. The minimum atomic E-state index is -0.493. The van der Waals surface area contributed by atoms with Gasteiger partial charge < -0.3 is 10.2 Å². The monoisotopic (exact) mass is 286 g/mol. The van der Waals surface area contributed by atoms with Crippen LogP contribution in [0.2, 0.25) is 0 Å². The fourth-order valence-corrected chi connectivity index (χ4v) is 3.36. The van der Waals surface area contributed by atoms with E-state index in [0.29, 0.717) is 6.54 Å². The van der Waals surface area contributed by atoms with Gasteiger partial charge in [-0.05, 0) is 30.7 Å². The Morgan fingerprint density at radius 1 is 1.24 bits per heavy atom. The van der Waals surface area contributed by atoms with Crippen molar-refractivity contribution in [2.24, 2.45) is 5.41 Å². The van der Waals surface area contributed by atoms with Crippen molar-refractivity contribution in [2.75, 3.05) is 6.54 Å². The summed E-state index contributed by atoms with van der Waals surface area (Å²) in [7, 11) is 0. The Bertz CT molecular complexity index is 551. The lowest BCUT2D eigenvalue weighted by Crippen LogP contribution is -2.60. The van der Waals surface area contributed by atoms with Gasteiger partial charge in [-0.2, -0.15) is 0 Å². The zero-order valence-corrected chi connectivity index (χ0v) is 12.6. The molecule has 4 nitrogen and oxygen atoms in total. The van der Waals surface area contributed by atoms with Crippen molar-refractivity contribution >= 4 is 11.8 Å². The van der Waals surface area contributed by atoms with E-state index >= 15 is 0 Å². The molecule has 2 atom stereocenters. The smallest absolute Gasteiger partial charge is 0.248 e. The topological polar surface area (TPSA) is 49.4 Å². The first-order chi connectivity index (χ1) is 10.0. The van der Waals surface area contributed by atoms with Crippen LogP contribution in [0.15, 0.2) is 30.3 Å². The summed E-state index contributed by atoms with van der Waals surface area (Å²) < 4.78 is 0. The van der Waals surface area contributed by atoms with Gasteiger partial charge in [0, 0.05) is 6.54 Å². The molecule has 2 fully saturated rings. The van der Waals surface area contributed by atoms with Crippen LogP contribution in [0.3, 0.4) is 0 Å². The summed E-state index contributed by atoms with van der Waals surface area (Å²) in [6.45, 7) is 4.64. The molecule has 1 N–H and O–H groups in total. The summed E-state index contributed by atoms with van der Waals surface area (Å²) in [6.07, 6.45) is 3.48. The Labute approximate surface area is 125 Å². The molecule has 1 aliphatic carbocycles. The van der Waals surface area contributed by atoms with Gasteiger partial charge in [0.1, 0.15) is 12.1 Å². The Hall–Kier alpha value is -1.84. The van der Waals surface area contributed by atoms with Crippen LogP contribution in [0.5, 0.6) is 0 Å². The number of rotatable bonds is 3. The third-order valence-electron chi connectivity index (χ3n) is 4.80. The molecule has 2 aliphatic rings. The number of benzene rings is 1. The van der Waals surface area contributed by atoms with Crippen LogP contribution >= 0.6 is 0 Å². The predicted molar refractivity (Wildman–Crippen MR) is 80.5 cm³/mol. The number of amides is 2. The molecule has 1 saturated heterocycles. The van der Waals surface area contributed by atoms with Crippen LogP contribution in [-0.2, 0) is 9.59 Å². The standard InChI is InChI=1S/C17H22N2O2/c1-12-16(21)19(11-17(2)9-6-10-17)14(15(20)18-12)13-7-4-3-5-8-13/h3-5,7-8,12,14H,6,9-11H2,1-2H3,(H,18,20). The highest BCUT2D eigenvalue weighted by molar-refractivity contribution is 5.97. The molecule has 1 heterocycles. The lowest BCUT2D eigenvalue weighted by Gasteiger charge is -2.46. The summed E-state index contributed by atoms with van der Waals surface area (Å²) >= 11 is 0. The van der Waals surface area contributed by atoms with E-state index in [4.69, 9.17) is 0 Å². The van der Waals surface area contributed by atoms with E-state index in [1.807, 2.05) is 30.3 Å². The maximum absolute atomic E-state index is 12.6. The number of carbonyl (C=O) groups excluding carboxylic acids is 2. The molecule has 0 spiro atoms. The fraction of sp³-hybridized carbons (Fsp3) is 0.529. The SMILES string of the molecule is CC1NC(=O)C(c2ccccc2)N(CC2(C)CCC2)C1=O. The highest BCUT2D eigenvalue weighted by Gasteiger charge is 2.44. The van der Waals surface area contributed by atoms with Crippen molar-refractivity contribution < 1.29 is 9.59 Å². The highest BCUT2D eigenvalue weighted by atomic mass is 16.2. The third kappa shape index (κ3) is 2.55. The first-order valence-corrected chi connectivity index (χ1v) is 7.66. The molecular formula is C17H22N2O2.